The van der Waals surface area contributed by atoms with Crippen molar-refractivity contribution >= 4 is 38.9 Å². The highest BCUT2D eigenvalue weighted by Gasteiger charge is 2.10. The van der Waals surface area contributed by atoms with Crippen molar-refractivity contribution in [2.45, 2.75) is 6.54 Å². The van der Waals surface area contributed by atoms with Crippen LogP contribution in [0.3, 0.4) is 0 Å². The third kappa shape index (κ3) is 3.68. The minimum atomic E-state index is -0.641. The lowest BCUT2D eigenvalue weighted by Gasteiger charge is -2.09. The highest BCUT2D eigenvalue weighted by Crippen LogP contribution is 2.26. The van der Waals surface area contributed by atoms with Crippen LogP contribution in [0.4, 0.5) is 15.8 Å². The fourth-order valence-electron chi connectivity index (χ4n) is 1.67. The summed E-state index contributed by atoms with van der Waals surface area (Å²) in [7, 11) is 0. The van der Waals surface area contributed by atoms with Crippen molar-refractivity contribution in [2.75, 3.05) is 5.32 Å². The maximum Gasteiger partial charge on any atom is 0.272 e. The van der Waals surface area contributed by atoms with Crippen molar-refractivity contribution in [1.82, 2.24) is 0 Å². The van der Waals surface area contributed by atoms with E-state index >= 15 is 0 Å². The van der Waals surface area contributed by atoms with Crippen LogP contribution < -0.4 is 5.32 Å². The van der Waals surface area contributed by atoms with Crippen LogP contribution in [-0.2, 0) is 6.54 Å². The standard InChI is InChI=1S/C13H9BrClFN2O2/c14-9-1-2-13(12(15)5-9)17-7-8-3-10(16)6-11(4-8)18(19)20/h1-6,17H,7H2. The maximum atomic E-state index is 13.3. The molecule has 104 valence electrons. The van der Waals surface area contributed by atoms with Gasteiger partial charge in [-0.15, -0.1) is 0 Å². The zero-order valence-electron chi connectivity index (χ0n) is 10.1. The number of hydrogen-bond donors (Lipinski definition) is 1. The molecule has 7 heteroatoms. The molecule has 2 rings (SSSR count). The molecule has 0 bridgehead atoms. The molecule has 20 heavy (non-hydrogen) atoms. The van der Waals surface area contributed by atoms with Crippen LogP contribution in [-0.4, -0.2) is 4.92 Å². The molecule has 0 fully saturated rings. The lowest BCUT2D eigenvalue weighted by molar-refractivity contribution is -0.385. The molecule has 2 aromatic rings. The van der Waals surface area contributed by atoms with E-state index in [2.05, 4.69) is 21.2 Å². The zero-order valence-corrected chi connectivity index (χ0v) is 12.4. The minimum Gasteiger partial charge on any atom is -0.380 e. The van der Waals surface area contributed by atoms with Crippen LogP contribution in [0.1, 0.15) is 5.56 Å². The van der Waals surface area contributed by atoms with Crippen LogP contribution in [0.25, 0.3) is 0 Å². The van der Waals surface area contributed by atoms with Gasteiger partial charge in [0.2, 0.25) is 0 Å². The van der Waals surface area contributed by atoms with Gasteiger partial charge >= 0.3 is 0 Å². The van der Waals surface area contributed by atoms with Crippen molar-refractivity contribution in [1.29, 1.82) is 0 Å². The average molecular weight is 360 g/mol. The van der Waals surface area contributed by atoms with Gasteiger partial charge in [0.05, 0.1) is 21.7 Å². The molecule has 0 radical (unpaired) electrons. The van der Waals surface area contributed by atoms with Crippen molar-refractivity contribution in [3.05, 3.63) is 67.4 Å². The summed E-state index contributed by atoms with van der Waals surface area (Å²) < 4.78 is 14.1. The lowest BCUT2D eigenvalue weighted by Crippen LogP contribution is -2.01. The van der Waals surface area contributed by atoms with Gasteiger partial charge in [0, 0.05) is 17.1 Å². The van der Waals surface area contributed by atoms with Gasteiger partial charge in [0.1, 0.15) is 5.82 Å². The Bertz CT molecular complexity index is 667. The van der Waals surface area contributed by atoms with Crippen molar-refractivity contribution in [2.24, 2.45) is 0 Å². The van der Waals surface area contributed by atoms with Crippen LogP contribution in [0.2, 0.25) is 5.02 Å². The number of nitro groups is 1. The second kappa shape index (κ2) is 6.19. The molecule has 0 atom stereocenters. The Morgan fingerprint density at radius 2 is 2.05 bits per heavy atom. The van der Waals surface area contributed by atoms with Gasteiger partial charge < -0.3 is 5.32 Å². The number of non-ortho nitro benzene ring substituents is 1. The number of nitrogens with zero attached hydrogens (tertiary/aromatic N) is 1. The molecule has 1 N–H and O–H groups in total. The van der Waals surface area contributed by atoms with E-state index in [4.69, 9.17) is 11.6 Å². The number of benzene rings is 2. The van der Waals surface area contributed by atoms with Gasteiger partial charge in [-0.3, -0.25) is 10.1 Å². The third-order valence-electron chi connectivity index (χ3n) is 2.57. The Labute approximate surface area is 127 Å². The van der Waals surface area contributed by atoms with E-state index in [1.807, 2.05) is 6.07 Å². The summed E-state index contributed by atoms with van der Waals surface area (Å²) in [5, 5.41) is 14.2. The molecule has 0 saturated heterocycles. The molecule has 0 aromatic heterocycles. The Morgan fingerprint density at radius 3 is 2.70 bits per heavy atom. The van der Waals surface area contributed by atoms with Gasteiger partial charge in [-0.05, 0) is 29.8 Å². The van der Waals surface area contributed by atoms with E-state index in [1.165, 1.54) is 12.1 Å². The summed E-state index contributed by atoms with van der Waals surface area (Å²) in [6, 6.07) is 8.74. The largest absolute Gasteiger partial charge is 0.380 e. The van der Waals surface area contributed by atoms with Gasteiger partial charge in [-0.1, -0.05) is 27.5 Å². The summed E-state index contributed by atoms with van der Waals surface area (Å²) >= 11 is 9.32. The Balaban J connectivity index is 2.16. The first kappa shape index (κ1) is 14.7. The number of rotatable bonds is 4. The summed E-state index contributed by atoms with van der Waals surface area (Å²) in [4.78, 5) is 10.0. The topological polar surface area (TPSA) is 55.2 Å². The average Bonchev–Trinajstić information content (AvgIpc) is 2.37. The SMILES string of the molecule is O=[N+]([O-])c1cc(F)cc(CNc2ccc(Br)cc2Cl)c1. The smallest absolute Gasteiger partial charge is 0.272 e. The summed E-state index contributed by atoms with van der Waals surface area (Å²) in [5.41, 5.74) is 0.862. The second-order valence-electron chi connectivity index (χ2n) is 4.05. The lowest BCUT2D eigenvalue weighted by atomic mass is 10.2. The minimum absolute atomic E-state index is 0.236. The fourth-order valence-corrected chi connectivity index (χ4v) is 2.41. The highest BCUT2D eigenvalue weighted by atomic mass is 79.9. The Kier molecular flexibility index (Phi) is 4.57. The summed E-state index contributed by atoms with van der Waals surface area (Å²) in [6.07, 6.45) is 0. The third-order valence-corrected chi connectivity index (χ3v) is 3.37. The predicted molar refractivity (Wildman–Crippen MR) is 79.5 cm³/mol. The molecule has 0 aliphatic rings. The van der Waals surface area contributed by atoms with Crippen LogP contribution in [0.15, 0.2) is 40.9 Å². The van der Waals surface area contributed by atoms with E-state index in [-0.39, 0.29) is 12.2 Å². The molecule has 4 nitrogen and oxygen atoms in total. The van der Waals surface area contributed by atoms with E-state index in [9.17, 15) is 14.5 Å². The number of anilines is 1. The molecule has 0 aliphatic heterocycles. The predicted octanol–water partition coefficient (Wildman–Crippen LogP) is 4.76. The van der Waals surface area contributed by atoms with E-state index in [0.717, 1.165) is 10.5 Å². The molecule has 0 saturated carbocycles. The van der Waals surface area contributed by atoms with Gasteiger partial charge in [-0.2, -0.15) is 0 Å². The van der Waals surface area contributed by atoms with E-state index in [1.54, 1.807) is 12.1 Å². The van der Waals surface area contributed by atoms with Crippen molar-refractivity contribution in [3.8, 4) is 0 Å². The Morgan fingerprint density at radius 1 is 1.30 bits per heavy atom. The van der Waals surface area contributed by atoms with Gasteiger partial charge in [-0.25, -0.2) is 4.39 Å². The second-order valence-corrected chi connectivity index (χ2v) is 5.38. The van der Waals surface area contributed by atoms with Crippen LogP contribution in [0.5, 0.6) is 0 Å². The number of hydrogen-bond acceptors (Lipinski definition) is 3. The molecule has 0 heterocycles. The Hall–Kier alpha value is -1.66. The van der Waals surface area contributed by atoms with Crippen LogP contribution in [0, 0.1) is 15.9 Å². The van der Waals surface area contributed by atoms with E-state index < -0.39 is 10.7 Å². The van der Waals surface area contributed by atoms with Crippen molar-refractivity contribution in [3.63, 3.8) is 0 Å². The van der Waals surface area contributed by atoms with Gasteiger partial charge in [0.25, 0.3) is 5.69 Å². The quantitative estimate of drug-likeness (QED) is 0.632. The normalized spacial score (nSPS) is 10.3. The zero-order chi connectivity index (χ0) is 14.7. The molecule has 2 aromatic carbocycles. The first-order valence-corrected chi connectivity index (χ1v) is 6.75. The van der Waals surface area contributed by atoms with Crippen molar-refractivity contribution < 1.29 is 9.31 Å². The summed E-state index contributed by atoms with van der Waals surface area (Å²) in [5.74, 6) is -0.641. The van der Waals surface area contributed by atoms with Crippen LogP contribution >= 0.6 is 27.5 Å². The fraction of sp³-hybridized carbons (Fsp3) is 0.0769. The maximum absolute atomic E-state index is 13.3. The first-order valence-electron chi connectivity index (χ1n) is 5.58. The molecular weight excluding hydrogens is 351 g/mol. The monoisotopic (exact) mass is 358 g/mol. The van der Waals surface area contributed by atoms with Gasteiger partial charge in [0.15, 0.2) is 0 Å². The molecular formula is C13H9BrClFN2O2. The number of nitro benzene ring substituents is 1. The molecule has 0 spiro atoms. The number of nitrogens with one attached hydrogen (secondary N) is 1. The molecule has 0 aliphatic carbocycles. The molecule has 0 unspecified atom stereocenters. The summed E-state index contributed by atoms with van der Waals surface area (Å²) in [6.45, 7) is 0.236. The first-order chi connectivity index (χ1) is 9.45. The van der Waals surface area contributed by atoms with E-state index in [0.29, 0.717) is 16.3 Å². The highest BCUT2D eigenvalue weighted by molar-refractivity contribution is 9.10. The molecule has 0 amide bonds. The number of halogens is 3.